The molecule has 4 heteroatoms. The van der Waals surface area contributed by atoms with E-state index >= 15 is 0 Å². The first-order valence-electron chi connectivity index (χ1n) is 13.4. The van der Waals surface area contributed by atoms with Crippen molar-refractivity contribution in [2.45, 2.75) is 106 Å². The van der Waals surface area contributed by atoms with Crippen molar-refractivity contribution >= 4 is 11.6 Å². The third-order valence-electron chi connectivity index (χ3n) is 11.5. The summed E-state index contributed by atoms with van der Waals surface area (Å²) in [4.78, 5) is 25.5. The maximum absolute atomic E-state index is 13.0. The van der Waals surface area contributed by atoms with Crippen LogP contribution in [-0.2, 0) is 9.59 Å². The van der Waals surface area contributed by atoms with Crippen molar-refractivity contribution in [3.05, 3.63) is 23.3 Å². The number of aliphatic hydroxyl groups excluding tert-OH is 2. The molecule has 0 aromatic heterocycles. The summed E-state index contributed by atoms with van der Waals surface area (Å²) in [6.07, 6.45) is 7.33. The fourth-order valence-electron chi connectivity index (χ4n) is 9.93. The summed E-state index contributed by atoms with van der Waals surface area (Å²) in [7, 11) is 0. The number of Topliss-reactive ketones (excluding diaryl/α,β-unsaturated/α-hetero) is 1. The largest absolute Gasteiger partial charge is 0.393 e. The fraction of sp³-hybridized carbons (Fsp3) is 0.800. The molecule has 2 N–H and O–H groups in total. The van der Waals surface area contributed by atoms with Gasteiger partial charge in [-0.25, -0.2) is 0 Å². The van der Waals surface area contributed by atoms with Gasteiger partial charge in [0.05, 0.1) is 6.10 Å². The third kappa shape index (κ3) is 3.45. The normalized spacial score (nSPS) is 47.9. The predicted octanol–water partition coefficient (Wildman–Crippen LogP) is 5.66. The minimum absolute atomic E-state index is 0.0334. The Labute approximate surface area is 206 Å². The van der Waals surface area contributed by atoms with Crippen LogP contribution in [0, 0.1) is 45.3 Å². The van der Waals surface area contributed by atoms with Crippen molar-refractivity contribution in [3.63, 3.8) is 0 Å². The van der Waals surface area contributed by atoms with Gasteiger partial charge in [0.1, 0.15) is 6.10 Å². The summed E-state index contributed by atoms with van der Waals surface area (Å²) in [6.45, 7) is 17.1. The Morgan fingerprint density at radius 2 is 1.56 bits per heavy atom. The second-order valence-corrected chi connectivity index (χ2v) is 13.8. The molecular formula is C30H46O4. The van der Waals surface area contributed by atoms with Crippen LogP contribution in [0.5, 0.6) is 0 Å². The second-order valence-electron chi connectivity index (χ2n) is 13.8. The number of hydrogen-bond donors (Lipinski definition) is 2. The van der Waals surface area contributed by atoms with E-state index < -0.39 is 17.6 Å². The lowest BCUT2D eigenvalue weighted by Gasteiger charge is -2.70. The van der Waals surface area contributed by atoms with Gasteiger partial charge in [-0.3, -0.25) is 9.59 Å². The van der Waals surface area contributed by atoms with Crippen LogP contribution in [0.2, 0.25) is 0 Å². The Balaban J connectivity index is 1.72. The molecule has 0 heterocycles. The van der Waals surface area contributed by atoms with E-state index in [1.54, 1.807) is 6.08 Å². The maximum Gasteiger partial charge on any atom is 0.178 e. The van der Waals surface area contributed by atoms with Crippen molar-refractivity contribution < 1.29 is 19.8 Å². The highest BCUT2D eigenvalue weighted by atomic mass is 16.3. The fourth-order valence-corrected chi connectivity index (χ4v) is 9.93. The van der Waals surface area contributed by atoms with Crippen LogP contribution in [0.3, 0.4) is 0 Å². The monoisotopic (exact) mass is 470 g/mol. The zero-order valence-corrected chi connectivity index (χ0v) is 22.6. The van der Waals surface area contributed by atoms with E-state index in [9.17, 15) is 19.8 Å². The first-order valence-corrected chi connectivity index (χ1v) is 13.4. The van der Waals surface area contributed by atoms with Gasteiger partial charge in [0.15, 0.2) is 11.6 Å². The number of carbonyl (C=O) groups is 2. The van der Waals surface area contributed by atoms with E-state index in [1.165, 1.54) is 0 Å². The van der Waals surface area contributed by atoms with Crippen LogP contribution < -0.4 is 0 Å². The molecule has 0 saturated heterocycles. The van der Waals surface area contributed by atoms with Gasteiger partial charge in [-0.2, -0.15) is 0 Å². The summed E-state index contributed by atoms with van der Waals surface area (Å²) in [5.74, 6) is 0.878. The molecule has 0 bridgehead atoms. The highest BCUT2D eigenvalue weighted by Crippen LogP contribution is 2.75. The van der Waals surface area contributed by atoms with Gasteiger partial charge in [0.25, 0.3) is 0 Å². The predicted molar refractivity (Wildman–Crippen MR) is 135 cm³/mol. The van der Waals surface area contributed by atoms with Crippen LogP contribution in [0.15, 0.2) is 23.3 Å². The van der Waals surface area contributed by atoms with E-state index in [0.29, 0.717) is 18.3 Å². The molecular weight excluding hydrogens is 424 g/mol. The van der Waals surface area contributed by atoms with E-state index in [1.807, 2.05) is 33.8 Å². The molecule has 0 aliphatic heterocycles. The van der Waals surface area contributed by atoms with Gasteiger partial charge in [-0.05, 0) is 105 Å². The van der Waals surface area contributed by atoms with E-state index in [2.05, 4.69) is 27.7 Å². The van der Waals surface area contributed by atoms with Gasteiger partial charge < -0.3 is 10.2 Å². The molecule has 4 saturated carbocycles. The van der Waals surface area contributed by atoms with Crippen molar-refractivity contribution in [1.82, 2.24) is 0 Å². The topological polar surface area (TPSA) is 74.6 Å². The molecule has 0 amide bonds. The lowest BCUT2D eigenvalue weighted by Crippen LogP contribution is -2.68. The Bertz CT molecular complexity index is 939. The highest BCUT2D eigenvalue weighted by molar-refractivity contribution is 6.00. The highest BCUT2D eigenvalue weighted by Gasteiger charge is 2.71. The Morgan fingerprint density at radius 1 is 0.941 bits per heavy atom. The average molecular weight is 471 g/mol. The zero-order chi connectivity index (χ0) is 25.4. The van der Waals surface area contributed by atoms with E-state index in [0.717, 1.165) is 43.3 Å². The minimum Gasteiger partial charge on any atom is -0.393 e. The molecule has 4 fully saturated rings. The molecule has 190 valence electrons. The number of allylic oxidation sites excluding steroid dienone is 4. The summed E-state index contributed by atoms with van der Waals surface area (Å²) in [6, 6.07) is 0. The summed E-state index contributed by atoms with van der Waals surface area (Å²) >= 11 is 0. The molecule has 0 radical (unpaired) electrons. The third-order valence-corrected chi connectivity index (χ3v) is 11.5. The molecule has 0 spiro atoms. The van der Waals surface area contributed by atoms with Crippen LogP contribution in [0.1, 0.15) is 93.9 Å². The van der Waals surface area contributed by atoms with E-state index in [4.69, 9.17) is 0 Å². The Kier molecular flexibility index (Phi) is 6.17. The molecule has 9 atom stereocenters. The molecule has 4 nitrogen and oxygen atoms in total. The first kappa shape index (κ1) is 25.8. The smallest absolute Gasteiger partial charge is 0.178 e. The lowest BCUT2D eigenvalue weighted by atomic mass is 9.35. The van der Waals surface area contributed by atoms with Crippen LogP contribution in [0.4, 0.5) is 0 Å². The Morgan fingerprint density at radius 3 is 2.18 bits per heavy atom. The molecule has 34 heavy (non-hydrogen) atoms. The van der Waals surface area contributed by atoms with Gasteiger partial charge in [-0.15, -0.1) is 0 Å². The van der Waals surface area contributed by atoms with Crippen molar-refractivity contribution in [2.24, 2.45) is 45.3 Å². The number of aliphatic hydroxyl groups is 2. The van der Waals surface area contributed by atoms with Crippen LogP contribution in [-0.4, -0.2) is 34.0 Å². The lowest BCUT2D eigenvalue weighted by molar-refractivity contribution is -0.246. The molecule has 4 rings (SSSR count). The molecule has 0 aromatic rings. The summed E-state index contributed by atoms with van der Waals surface area (Å²) in [5, 5.41) is 22.5. The first-order chi connectivity index (χ1) is 15.6. The second kappa shape index (κ2) is 8.13. The van der Waals surface area contributed by atoms with Crippen LogP contribution in [0.25, 0.3) is 0 Å². The zero-order valence-electron chi connectivity index (χ0n) is 22.6. The van der Waals surface area contributed by atoms with Gasteiger partial charge in [0, 0.05) is 11.8 Å². The van der Waals surface area contributed by atoms with Gasteiger partial charge >= 0.3 is 0 Å². The molecule has 0 aromatic carbocycles. The molecule has 4 aliphatic rings. The standard InChI is InChI=1S/C30H46O4/c1-17(2)13-19(31)14-18(3)20-9-11-29(7)21(20)15-22(32)25-28(6)16-23(33)26(34)27(4,5)24(28)10-12-30(25,29)8/h13-14,20-22,24-26,32,34H,9-12,15-16H2,1-8H3/b18-14+/t20-,21-,22-,24+,25-,26+,28+,29-,30-/m1/s1. The summed E-state index contributed by atoms with van der Waals surface area (Å²) in [5.41, 5.74) is 1.32. The molecule has 4 aliphatic carbocycles. The number of carbonyl (C=O) groups excluding carboxylic acids is 2. The number of rotatable bonds is 3. The number of fused-ring (bicyclic) bond motifs is 5. The number of hydrogen-bond acceptors (Lipinski definition) is 4. The van der Waals surface area contributed by atoms with Gasteiger partial charge in [0.2, 0.25) is 0 Å². The van der Waals surface area contributed by atoms with Crippen LogP contribution >= 0.6 is 0 Å². The van der Waals surface area contributed by atoms with Crippen molar-refractivity contribution in [1.29, 1.82) is 0 Å². The van der Waals surface area contributed by atoms with E-state index in [-0.39, 0.29) is 39.6 Å². The Hall–Kier alpha value is -1.26. The van der Waals surface area contributed by atoms with Crippen molar-refractivity contribution in [2.75, 3.05) is 0 Å². The number of ketones is 2. The minimum atomic E-state index is -0.916. The van der Waals surface area contributed by atoms with Gasteiger partial charge in [-0.1, -0.05) is 45.8 Å². The maximum atomic E-state index is 13.0. The quantitative estimate of drug-likeness (QED) is 0.522. The molecule has 0 unspecified atom stereocenters. The van der Waals surface area contributed by atoms with Crippen molar-refractivity contribution in [3.8, 4) is 0 Å². The summed E-state index contributed by atoms with van der Waals surface area (Å²) < 4.78 is 0. The average Bonchev–Trinajstić information content (AvgIpc) is 3.03. The SMILES string of the molecule is CC(C)=CC(=O)/C=C(\C)[C@H]1CC[C@]2(C)[C@@H]1C[C@@H](O)[C@@H]1[C@@]3(C)CC(=O)[C@H](O)C(C)(C)[C@@H]3CC[C@]12C.